The number of rotatable bonds is 7. The minimum absolute atomic E-state index is 0.166. The zero-order valence-corrected chi connectivity index (χ0v) is 13.2. The molecule has 1 aliphatic carbocycles. The second kappa shape index (κ2) is 5.91. The highest BCUT2D eigenvalue weighted by molar-refractivity contribution is 7.92. The molecule has 23 heavy (non-hydrogen) atoms. The molecule has 0 radical (unpaired) electrons. The molecule has 7 nitrogen and oxygen atoms in total. The molecule has 0 saturated heterocycles. The van der Waals surface area contributed by atoms with Crippen LogP contribution in [0.2, 0.25) is 0 Å². The molecule has 0 bridgehead atoms. The van der Waals surface area contributed by atoms with Gasteiger partial charge in [-0.1, -0.05) is 0 Å². The fourth-order valence-corrected chi connectivity index (χ4v) is 3.33. The average Bonchev–Trinajstić information content (AvgIpc) is 3.03. The normalized spacial score (nSPS) is 16.7. The van der Waals surface area contributed by atoms with Crippen LogP contribution in [0.25, 0.3) is 0 Å². The molecule has 0 unspecified atom stereocenters. The van der Waals surface area contributed by atoms with Gasteiger partial charge in [0.05, 0.1) is 24.1 Å². The van der Waals surface area contributed by atoms with Crippen LogP contribution in [0.3, 0.4) is 0 Å². The molecule has 2 heterocycles. The first-order valence-corrected chi connectivity index (χ1v) is 8.71. The van der Waals surface area contributed by atoms with Crippen LogP contribution >= 0.6 is 0 Å². The quantitative estimate of drug-likeness (QED) is 0.833. The van der Waals surface area contributed by atoms with Crippen LogP contribution in [0, 0.1) is 5.92 Å². The van der Waals surface area contributed by atoms with Crippen LogP contribution in [-0.2, 0) is 16.6 Å². The highest BCUT2D eigenvalue weighted by atomic mass is 32.2. The number of nitrogens with zero attached hydrogens (tertiary/aromatic N) is 4. The number of anilines is 1. The van der Waals surface area contributed by atoms with Gasteiger partial charge in [0.2, 0.25) is 0 Å². The van der Waals surface area contributed by atoms with Gasteiger partial charge in [-0.3, -0.25) is 14.1 Å². The molecule has 0 aliphatic heterocycles. The Morgan fingerprint density at radius 2 is 2.04 bits per heavy atom. The van der Waals surface area contributed by atoms with E-state index in [0.29, 0.717) is 11.6 Å². The van der Waals surface area contributed by atoms with E-state index < -0.39 is 23.0 Å². The van der Waals surface area contributed by atoms with Gasteiger partial charge in [-0.2, -0.15) is 10.2 Å². The van der Waals surface area contributed by atoms with Crippen molar-refractivity contribution in [3.05, 3.63) is 24.8 Å². The standard InChI is InChI=1S/C13H17F2N5O2S/c1-9(10-2-3-10)20-6-11(4-17-20)18-23(21,22)12-5-16-19(7-12)8-13(14)15/h4-7,9-10,13,18H,2-3,8H2,1H3/t9-/m0/s1. The van der Waals surface area contributed by atoms with Crippen LogP contribution < -0.4 is 4.72 Å². The average molecular weight is 345 g/mol. The summed E-state index contributed by atoms with van der Waals surface area (Å²) in [4.78, 5) is -0.166. The number of hydrogen-bond donors (Lipinski definition) is 1. The lowest BCUT2D eigenvalue weighted by Gasteiger charge is -2.09. The Morgan fingerprint density at radius 1 is 1.30 bits per heavy atom. The summed E-state index contributed by atoms with van der Waals surface area (Å²) in [6, 6.07) is 0.224. The summed E-state index contributed by atoms with van der Waals surface area (Å²) in [5.41, 5.74) is 0.333. The Kier molecular flexibility index (Phi) is 4.09. The molecule has 10 heteroatoms. The Bertz CT molecular complexity index is 782. The van der Waals surface area contributed by atoms with Gasteiger partial charge in [0.1, 0.15) is 11.4 Å². The first-order valence-electron chi connectivity index (χ1n) is 7.23. The lowest BCUT2D eigenvalue weighted by Crippen LogP contribution is -2.12. The maximum absolute atomic E-state index is 12.3. The van der Waals surface area contributed by atoms with E-state index in [1.54, 1.807) is 10.9 Å². The molecule has 1 atom stereocenters. The van der Waals surface area contributed by atoms with Gasteiger partial charge in [-0.05, 0) is 25.7 Å². The molecule has 2 aromatic heterocycles. The molecule has 1 saturated carbocycles. The fourth-order valence-electron chi connectivity index (χ4n) is 2.35. The van der Waals surface area contributed by atoms with Gasteiger partial charge < -0.3 is 0 Å². The van der Waals surface area contributed by atoms with Gasteiger partial charge in [0, 0.05) is 12.4 Å². The first-order chi connectivity index (χ1) is 10.8. The number of aromatic nitrogens is 4. The minimum Gasteiger partial charge on any atom is -0.276 e. The summed E-state index contributed by atoms with van der Waals surface area (Å²) in [6.45, 7) is 1.39. The second-order valence-electron chi connectivity index (χ2n) is 5.68. The summed E-state index contributed by atoms with van der Waals surface area (Å²) in [5.74, 6) is 0.590. The summed E-state index contributed by atoms with van der Waals surface area (Å²) >= 11 is 0. The van der Waals surface area contributed by atoms with Crippen molar-refractivity contribution in [2.75, 3.05) is 4.72 Å². The third kappa shape index (κ3) is 3.69. The van der Waals surface area contributed by atoms with Gasteiger partial charge in [0.25, 0.3) is 16.4 Å². The number of sulfonamides is 1. The monoisotopic (exact) mass is 345 g/mol. The maximum atomic E-state index is 12.3. The van der Waals surface area contributed by atoms with Crippen LogP contribution in [0.1, 0.15) is 25.8 Å². The van der Waals surface area contributed by atoms with Crippen LogP contribution in [0.5, 0.6) is 0 Å². The number of hydrogen-bond acceptors (Lipinski definition) is 4. The predicted octanol–water partition coefficient (Wildman–Crippen LogP) is 2.12. The molecule has 1 aliphatic rings. The number of halogens is 2. The van der Waals surface area contributed by atoms with E-state index in [-0.39, 0.29) is 10.9 Å². The van der Waals surface area contributed by atoms with Crippen LogP contribution in [0.15, 0.2) is 29.7 Å². The van der Waals surface area contributed by atoms with E-state index in [2.05, 4.69) is 14.9 Å². The smallest absolute Gasteiger partial charge is 0.265 e. The molecule has 0 aromatic carbocycles. The molecular formula is C13H17F2N5O2S. The lowest BCUT2D eigenvalue weighted by molar-refractivity contribution is 0.121. The van der Waals surface area contributed by atoms with E-state index >= 15 is 0 Å². The van der Waals surface area contributed by atoms with Crippen molar-refractivity contribution < 1.29 is 17.2 Å². The highest BCUT2D eigenvalue weighted by Gasteiger charge is 2.29. The second-order valence-corrected chi connectivity index (χ2v) is 7.36. The van der Waals surface area contributed by atoms with Crippen molar-refractivity contribution in [1.82, 2.24) is 19.6 Å². The van der Waals surface area contributed by atoms with Gasteiger partial charge in [-0.15, -0.1) is 0 Å². The third-order valence-corrected chi connectivity index (χ3v) is 5.16. The number of nitrogens with one attached hydrogen (secondary N) is 1. The third-order valence-electron chi connectivity index (χ3n) is 3.82. The van der Waals surface area contributed by atoms with Gasteiger partial charge >= 0.3 is 0 Å². The van der Waals surface area contributed by atoms with Gasteiger partial charge in [0.15, 0.2) is 0 Å². The maximum Gasteiger partial charge on any atom is 0.265 e. The minimum atomic E-state index is -3.88. The molecule has 0 amide bonds. The summed E-state index contributed by atoms with van der Waals surface area (Å²) in [5, 5.41) is 7.80. The molecular weight excluding hydrogens is 328 g/mol. The van der Waals surface area contributed by atoms with E-state index in [9.17, 15) is 17.2 Å². The van der Waals surface area contributed by atoms with Crippen molar-refractivity contribution >= 4 is 15.7 Å². The van der Waals surface area contributed by atoms with E-state index in [1.807, 2.05) is 6.92 Å². The van der Waals surface area contributed by atoms with E-state index in [0.717, 1.165) is 29.9 Å². The fraction of sp³-hybridized carbons (Fsp3) is 0.538. The van der Waals surface area contributed by atoms with Crippen molar-refractivity contribution in [3.8, 4) is 0 Å². The zero-order valence-electron chi connectivity index (χ0n) is 12.4. The molecule has 2 aromatic rings. The van der Waals surface area contributed by atoms with Gasteiger partial charge in [-0.25, -0.2) is 17.2 Å². The summed E-state index contributed by atoms with van der Waals surface area (Å²) < 4.78 is 54.1. The Hall–Kier alpha value is -1.97. The Labute approximate surface area is 132 Å². The van der Waals surface area contributed by atoms with Crippen LogP contribution in [-0.4, -0.2) is 34.4 Å². The van der Waals surface area contributed by atoms with Crippen molar-refractivity contribution in [1.29, 1.82) is 0 Å². The predicted molar refractivity (Wildman–Crippen MR) is 78.7 cm³/mol. The molecule has 0 spiro atoms. The summed E-state index contributed by atoms with van der Waals surface area (Å²) in [6.07, 6.45) is 4.90. The molecule has 1 fully saturated rings. The van der Waals surface area contributed by atoms with Crippen molar-refractivity contribution in [2.45, 2.75) is 43.7 Å². The topological polar surface area (TPSA) is 81.8 Å². The lowest BCUT2D eigenvalue weighted by atomic mass is 10.2. The first kappa shape index (κ1) is 15.9. The van der Waals surface area contributed by atoms with Crippen molar-refractivity contribution in [2.24, 2.45) is 5.92 Å². The number of alkyl halides is 2. The summed E-state index contributed by atoms with van der Waals surface area (Å²) in [7, 11) is -3.88. The molecule has 3 rings (SSSR count). The van der Waals surface area contributed by atoms with Crippen LogP contribution in [0.4, 0.5) is 14.5 Å². The van der Waals surface area contributed by atoms with Crippen molar-refractivity contribution in [3.63, 3.8) is 0 Å². The SMILES string of the molecule is C[C@@H](C1CC1)n1cc(NS(=O)(=O)c2cnn(CC(F)F)c2)cn1. The molecule has 1 N–H and O–H groups in total. The largest absolute Gasteiger partial charge is 0.276 e. The van der Waals surface area contributed by atoms with E-state index in [4.69, 9.17) is 0 Å². The molecule has 126 valence electrons. The Morgan fingerprint density at radius 3 is 2.70 bits per heavy atom. The van der Waals surface area contributed by atoms with E-state index in [1.165, 1.54) is 6.20 Å². The zero-order chi connectivity index (χ0) is 16.6. The Balaban J connectivity index is 1.71. The highest BCUT2D eigenvalue weighted by Crippen LogP contribution is 2.39.